The first-order valence-corrected chi connectivity index (χ1v) is 7.68. The maximum absolute atomic E-state index is 13.9. The molecule has 1 aliphatic heterocycles. The number of piperidine rings is 1. The molecule has 24 heavy (non-hydrogen) atoms. The van der Waals surface area contributed by atoms with E-state index in [0.29, 0.717) is 25.2 Å². The number of carbonyl (C=O) groups is 1. The summed E-state index contributed by atoms with van der Waals surface area (Å²) in [6, 6.07) is 7.09. The van der Waals surface area contributed by atoms with E-state index in [2.05, 4.69) is 10.4 Å². The first-order chi connectivity index (χ1) is 11.5. The topological polar surface area (TPSA) is 50.2 Å². The first kappa shape index (κ1) is 16.4. The number of aromatic nitrogens is 2. The molecule has 1 amide bonds. The van der Waals surface area contributed by atoms with Gasteiger partial charge in [0.25, 0.3) is 6.43 Å². The monoisotopic (exact) mass is 338 g/mol. The summed E-state index contributed by atoms with van der Waals surface area (Å²) >= 11 is 0. The quantitative estimate of drug-likeness (QED) is 0.912. The summed E-state index contributed by atoms with van der Waals surface area (Å²) in [5.74, 6) is -0.355. The van der Waals surface area contributed by atoms with Crippen molar-refractivity contribution in [3.05, 3.63) is 42.3 Å². The summed E-state index contributed by atoms with van der Waals surface area (Å²) in [4.78, 5) is 14.0. The van der Waals surface area contributed by atoms with Gasteiger partial charge in [0, 0.05) is 18.8 Å². The van der Waals surface area contributed by atoms with Crippen LogP contribution in [0.15, 0.2) is 36.5 Å². The minimum atomic E-state index is -2.49. The molecule has 1 atom stereocenters. The molecule has 5 nitrogen and oxygen atoms in total. The lowest BCUT2D eigenvalue weighted by molar-refractivity contribution is -0.120. The molecular formula is C16H17F3N4O. The van der Waals surface area contributed by atoms with Gasteiger partial charge >= 0.3 is 0 Å². The number of hydrogen-bond donors (Lipinski definition) is 1. The van der Waals surface area contributed by atoms with Crippen LogP contribution in [0.3, 0.4) is 0 Å². The molecule has 2 heterocycles. The van der Waals surface area contributed by atoms with Crippen LogP contribution in [0.5, 0.6) is 0 Å². The first-order valence-electron chi connectivity index (χ1n) is 7.68. The third-order valence-electron chi connectivity index (χ3n) is 3.87. The van der Waals surface area contributed by atoms with Gasteiger partial charge in [-0.1, -0.05) is 12.1 Å². The predicted molar refractivity (Wildman–Crippen MR) is 83.6 cm³/mol. The van der Waals surface area contributed by atoms with Gasteiger partial charge in [0.2, 0.25) is 5.91 Å². The van der Waals surface area contributed by atoms with Crippen molar-refractivity contribution >= 4 is 17.4 Å². The molecule has 3 rings (SSSR count). The molecule has 0 unspecified atom stereocenters. The number of nitrogens with one attached hydrogen (secondary N) is 1. The molecule has 1 aromatic heterocycles. The van der Waals surface area contributed by atoms with Crippen molar-refractivity contribution in [1.29, 1.82) is 0 Å². The number of anilines is 2. The average molecular weight is 338 g/mol. The van der Waals surface area contributed by atoms with Crippen LogP contribution < -0.4 is 10.2 Å². The smallest absolute Gasteiger partial charge is 0.257 e. The largest absolute Gasteiger partial charge is 0.357 e. The van der Waals surface area contributed by atoms with E-state index in [4.69, 9.17) is 0 Å². The third-order valence-corrected chi connectivity index (χ3v) is 3.87. The highest BCUT2D eigenvalue weighted by Crippen LogP contribution is 2.25. The maximum atomic E-state index is 13.9. The number of nitrogens with zero attached hydrogens (tertiary/aromatic N) is 3. The number of para-hydroxylation sites is 1. The predicted octanol–water partition coefficient (Wildman–Crippen LogP) is 2.89. The fourth-order valence-corrected chi connectivity index (χ4v) is 2.78. The molecular weight excluding hydrogens is 321 g/mol. The molecule has 1 fully saturated rings. The molecule has 1 saturated heterocycles. The number of amides is 1. The van der Waals surface area contributed by atoms with Gasteiger partial charge in [0.15, 0.2) is 0 Å². The van der Waals surface area contributed by atoms with E-state index in [0.717, 1.165) is 4.68 Å². The lowest BCUT2D eigenvalue weighted by Gasteiger charge is -2.32. The van der Waals surface area contributed by atoms with Crippen molar-refractivity contribution in [1.82, 2.24) is 9.78 Å². The van der Waals surface area contributed by atoms with Crippen LogP contribution in [0.25, 0.3) is 0 Å². The number of halogens is 3. The maximum Gasteiger partial charge on any atom is 0.257 e. The van der Waals surface area contributed by atoms with Gasteiger partial charge in [-0.15, -0.1) is 0 Å². The summed E-state index contributed by atoms with van der Waals surface area (Å²) in [6.45, 7) is -0.0561. The van der Waals surface area contributed by atoms with E-state index in [1.54, 1.807) is 18.2 Å². The van der Waals surface area contributed by atoms with Gasteiger partial charge in [0.05, 0.1) is 5.69 Å². The highest BCUT2D eigenvalue weighted by Gasteiger charge is 2.31. The van der Waals surface area contributed by atoms with E-state index in [1.165, 1.54) is 23.2 Å². The van der Waals surface area contributed by atoms with E-state index < -0.39 is 24.8 Å². The molecule has 0 radical (unpaired) electrons. The Balaban J connectivity index is 1.71. The van der Waals surface area contributed by atoms with Gasteiger partial charge < -0.3 is 10.2 Å². The summed E-state index contributed by atoms with van der Waals surface area (Å²) in [5.41, 5.74) is 0.247. The second-order valence-corrected chi connectivity index (χ2v) is 5.59. The number of carbonyl (C=O) groups excluding carboxylic acids is 1. The standard InChI is InChI=1S/C16H17F3N4O/c17-11-4-1-2-6-13(11)23-8-3-5-12(16(23)24)20-15-7-9-22(21-15)10-14(18)19/h1-2,4,6-7,9,12,14H,3,5,8,10H2,(H,20,21)/t12-/m1/s1. The van der Waals surface area contributed by atoms with Crippen LogP contribution in [0, 0.1) is 5.82 Å². The Hall–Kier alpha value is -2.51. The molecule has 1 N–H and O–H groups in total. The molecule has 8 heteroatoms. The highest BCUT2D eigenvalue weighted by atomic mass is 19.3. The summed E-state index contributed by atoms with van der Waals surface area (Å²) < 4.78 is 39.7. The third kappa shape index (κ3) is 3.52. The van der Waals surface area contributed by atoms with Gasteiger partial charge in [-0.05, 0) is 25.0 Å². The van der Waals surface area contributed by atoms with Gasteiger partial charge in [-0.3, -0.25) is 9.48 Å². The van der Waals surface area contributed by atoms with Gasteiger partial charge in [0.1, 0.15) is 24.2 Å². The Morgan fingerprint density at radius 2 is 2.08 bits per heavy atom. The van der Waals surface area contributed by atoms with Crippen molar-refractivity contribution in [3.63, 3.8) is 0 Å². The fourth-order valence-electron chi connectivity index (χ4n) is 2.78. The van der Waals surface area contributed by atoms with Crippen LogP contribution in [0.1, 0.15) is 12.8 Å². The molecule has 0 saturated carbocycles. The average Bonchev–Trinajstić information content (AvgIpc) is 2.96. The van der Waals surface area contributed by atoms with Crippen LogP contribution in [-0.4, -0.2) is 34.7 Å². The zero-order chi connectivity index (χ0) is 17.1. The van der Waals surface area contributed by atoms with Crippen LogP contribution in [-0.2, 0) is 11.3 Å². The van der Waals surface area contributed by atoms with E-state index in [1.807, 2.05) is 0 Å². The highest BCUT2D eigenvalue weighted by molar-refractivity contribution is 5.99. The minimum Gasteiger partial charge on any atom is -0.357 e. The van der Waals surface area contributed by atoms with Gasteiger partial charge in [-0.2, -0.15) is 5.10 Å². The lowest BCUT2D eigenvalue weighted by Crippen LogP contribution is -2.48. The fraction of sp³-hybridized carbons (Fsp3) is 0.375. The molecule has 0 spiro atoms. The minimum absolute atomic E-state index is 0.247. The zero-order valence-electron chi connectivity index (χ0n) is 12.8. The summed E-state index contributed by atoms with van der Waals surface area (Å²) in [6.07, 6.45) is 0.211. The number of alkyl halides is 2. The van der Waals surface area contributed by atoms with Crippen molar-refractivity contribution in [3.8, 4) is 0 Å². The van der Waals surface area contributed by atoms with E-state index >= 15 is 0 Å². The summed E-state index contributed by atoms with van der Waals surface area (Å²) in [7, 11) is 0. The van der Waals surface area contributed by atoms with Crippen molar-refractivity contribution in [2.75, 3.05) is 16.8 Å². The van der Waals surface area contributed by atoms with Crippen molar-refractivity contribution in [2.24, 2.45) is 0 Å². The van der Waals surface area contributed by atoms with Crippen LogP contribution >= 0.6 is 0 Å². The molecule has 0 bridgehead atoms. The van der Waals surface area contributed by atoms with Crippen molar-refractivity contribution < 1.29 is 18.0 Å². The molecule has 1 aromatic carbocycles. The molecule has 128 valence electrons. The molecule has 2 aromatic rings. The zero-order valence-corrected chi connectivity index (χ0v) is 12.8. The number of hydrogen-bond acceptors (Lipinski definition) is 3. The van der Waals surface area contributed by atoms with E-state index in [-0.39, 0.29) is 11.6 Å². The molecule has 1 aliphatic rings. The Bertz CT molecular complexity index is 719. The van der Waals surface area contributed by atoms with E-state index in [9.17, 15) is 18.0 Å². The molecule has 0 aliphatic carbocycles. The second-order valence-electron chi connectivity index (χ2n) is 5.59. The Labute approximate surface area is 137 Å². The second kappa shape index (κ2) is 6.94. The normalized spacial score (nSPS) is 18.2. The Kier molecular flexibility index (Phi) is 4.73. The Morgan fingerprint density at radius 1 is 1.29 bits per heavy atom. The van der Waals surface area contributed by atoms with Gasteiger partial charge in [-0.25, -0.2) is 13.2 Å². The Morgan fingerprint density at radius 3 is 2.83 bits per heavy atom. The lowest BCUT2D eigenvalue weighted by atomic mass is 10.0. The van der Waals surface area contributed by atoms with Crippen LogP contribution in [0.4, 0.5) is 24.7 Å². The number of rotatable bonds is 5. The summed E-state index contributed by atoms with van der Waals surface area (Å²) in [5, 5.41) is 6.93. The number of benzene rings is 1. The van der Waals surface area contributed by atoms with Crippen LogP contribution in [0.2, 0.25) is 0 Å². The SMILES string of the molecule is O=C1[C@H](Nc2ccn(CC(F)F)n2)CCCN1c1ccccc1F. The van der Waals surface area contributed by atoms with Crippen molar-refractivity contribution in [2.45, 2.75) is 31.9 Å².